The van der Waals surface area contributed by atoms with Crippen LogP contribution in [0.15, 0.2) is 42.5 Å². The van der Waals surface area contributed by atoms with Gasteiger partial charge in [0, 0.05) is 6.07 Å². The largest absolute Gasteiger partial charge is 0.508 e. The lowest BCUT2D eigenvalue weighted by Gasteiger charge is -2.10. The van der Waals surface area contributed by atoms with E-state index in [-0.39, 0.29) is 28.3 Å². The first-order valence-electron chi connectivity index (χ1n) is 6.03. The standard InChI is InChI=1S/C15H13NO5/c1-21-15(20)10-4-2-3-5-12(10)16-14(19)11-7-6-9(17)8-13(11)18/h2-8,17-18H,1H3,(H,16,19). The van der Waals surface area contributed by atoms with Gasteiger partial charge in [0.15, 0.2) is 0 Å². The fraction of sp³-hybridized carbons (Fsp3) is 0.0667. The van der Waals surface area contributed by atoms with Crippen molar-refractivity contribution in [3.05, 3.63) is 53.6 Å². The second kappa shape index (κ2) is 5.96. The summed E-state index contributed by atoms with van der Waals surface area (Å²) >= 11 is 0. The van der Waals surface area contributed by atoms with Gasteiger partial charge in [-0.1, -0.05) is 12.1 Å². The molecule has 6 nitrogen and oxygen atoms in total. The number of anilines is 1. The number of benzene rings is 2. The van der Waals surface area contributed by atoms with Gasteiger partial charge in [0.1, 0.15) is 11.5 Å². The molecule has 0 atom stereocenters. The molecule has 0 bridgehead atoms. The van der Waals surface area contributed by atoms with E-state index in [1.165, 1.54) is 25.3 Å². The Balaban J connectivity index is 2.30. The summed E-state index contributed by atoms with van der Waals surface area (Å²) in [5.41, 5.74) is 0.445. The van der Waals surface area contributed by atoms with Gasteiger partial charge in [-0.25, -0.2) is 4.79 Å². The Morgan fingerprint density at radius 2 is 1.76 bits per heavy atom. The molecule has 2 aromatic carbocycles. The summed E-state index contributed by atoms with van der Waals surface area (Å²) in [5, 5.41) is 21.4. The zero-order valence-corrected chi connectivity index (χ0v) is 11.2. The van der Waals surface area contributed by atoms with Crippen LogP contribution in [0.25, 0.3) is 0 Å². The maximum Gasteiger partial charge on any atom is 0.339 e. The SMILES string of the molecule is COC(=O)c1ccccc1NC(=O)c1ccc(O)cc1O. The molecule has 0 heterocycles. The van der Waals surface area contributed by atoms with Crippen LogP contribution in [0.3, 0.4) is 0 Å². The van der Waals surface area contributed by atoms with Crippen LogP contribution in [-0.2, 0) is 4.74 Å². The molecular weight excluding hydrogens is 274 g/mol. The number of aromatic hydroxyl groups is 2. The Bertz CT molecular complexity index is 696. The van der Waals surface area contributed by atoms with E-state index in [4.69, 9.17) is 0 Å². The van der Waals surface area contributed by atoms with E-state index in [1.807, 2.05) is 0 Å². The van der Waals surface area contributed by atoms with Crippen LogP contribution >= 0.6 is 0 Å². The number of hydrogen-bond acceptors (Lipinski definition) is 5. The molecule has 1 amide bonds. The van der Waals surface area contributed by atoms with Crippen molar-refractivity contribution in [2.75, 3.05) is 12.4 Å². The van der Waals surface area contributed by atoms with Crippen molar-refractivity contribution < 1.29 is 24.5 Å². The third kappa shape index (κ3) is 3.11. The predicted molar refractivity (Wildman–Crippen MR) is 75.5 cm³/mol. The van der Waals surface area contributed by atoms with Crippen LogP contribution < -0.4 is 5.32 Å². The Hall–Kier alpha value is -3.02. The van der Waals surface area contributed by atoms with Crippen molar-refractivity contribution in [2.45, 2.75) is 0 Å². The Kier molecular flexibility index (Phi) is 4.08. The molecule has 0 aromatic heterocycles. The highest BCUT2D eigenvalue weighted by Gasteiger charge is 2.16. The summed E-state index contributed by atoms with van der Waals surface area (Å²) in [7, 11) is 1.24. The van der Waals surface area contributed by atoms with E-state index in [9.17, 15) is 19.8 Å². The second-order valence-electron chi connectivity index (χ2n) is 4.19. The molecule has 0 aliphatic rings. The number of ether oxygens (including phenoxy) is 1. The number of phenolic OH excluding ortho intramolecular Hbond substituents is 2. The van der Waals surface area contributed by atoms with E-state index >= 15 is 0 Å². The van der Waals surface area contributed by atoms with Crippen molar-refractivity contribution in [3.63, 3.8) is 0 Å². The molecule has 2 rings (SSSR count). The molecule has 0 unspecified atom stereocenters. The number of para-hydroxylation sites is 1. The Morgan fingerprint density at radius 3 is 2.43 bits per heavy atom. The maximum absolute atomic E-state index is 12.1. The molecule has 21 heavy (non-hydrogen) atoms. The van der Waals surface area contributed by atoms with Crippen molar-refractivity contribution >= 4 is 17.6 Å². The van der Waals surface area contributed by atoms with E-state index in [0.717, 1.165) is 6.07 Å². The minimum Gasteiger partial charge on any atom is -0.508 e. The number of esters is 1. The number of phenols is 2. The number of carbonyl (C=O) groups is 2. The van der Waals surface area contributed by atoms with E-state index in [2.05, 4.69) is 10.1 Å². The zero-order chi connectivity index (χ0) is 15.4. The first-order valence-corrected chi connectivity index (χ1v) is 6.03. The summed E-state index contributed by atoms with van der Waals surface area (Å²) < 4.78 is 4.63. The summed E-state index contributed by atoms with van der Waals surface area (Å²) in [4.78, 5) is 23.7. The van der Waals surface area contributed by atoms with Gasteiger partial charge in [-0.05, 0) is 24.3 Å². The summed E-state index contributed by atoms with van der Waals surface area (Å²) in [6.45, 7) is 0. The predicted octanol–water partition coefficient (Wildman–Crippen LogP) is 2.14. The number of hydrogen-bond donors (Lipinski definition) is 3. The van der Waals surface area contributed by atoms with Crippen LogP contribution in [0.5, 0.6) is 11.5 Å². The summed E-state index contributed by atoms with van der Waals surface area (Å²) in [5.74, 6) is -1.70. The molecule has 0 spiro atoms. The van der Waals surface area contributed by atoms with E-state index < -0.39 is 11.9 Å². The highest BCUT2D eigenvalue weighted by molar-refractivity contribution is 6.09. The highest BCUT2D eigenvalue weighted by atomic mass is 16.5. The van der Waals surface area contributed by atoms with Crippen molar-refractivity contribution in [3.8, 4) is 11.5 Å². The van der Waals surface area contributed by atoms with Crippen LogP contribution in [0.1, 0.15) is 20.7 Å². The summed E-state index contributed by atoms with van der Waals surface area (Å²) in [6.07, 6.45) is 0. The normalized spacial score (nSPS) is 9.95. The number of nitrogens with one attached hydrogen (secondary N) is 1. The molecule has 0 saturated carbocycles. The second-order valence-corrected chi connectivity index (χ2v) is 4.19. The van der Waals surface area contributed by atoms with Crippen molar-refractivity contribution in [1.29, 1.82) is 0 Å². The number of methoxy groups -OCH3 is 1. The van der Waals surface area contributed by atoms with E-state index in [1.54, 1.807) is 18.2 Å². The molecule has 0 saturated heterocycles. The van der Waals surface area contributed by atoms with Gasteiger partial charge < -0.3 is 20.3 Å². The smallest absolute Gasteiger partial charge is 0.339 e. The lowest BCUT2D eigenvalue weighted by Crippen LogP contribution is -2.15. The lowest BCUT2D eigenvalue weighted by molar-refractivity contribution is 0.0602. The van der Waals surface area contributed by atoms with Crippen LogP contribution in [0.4, 0.5) is 5.69 Å². The lowest BCUT2D eigenvalue weighted by atomic mass is 10.1. The van der Waals surface area contributed by atoms with Gasteiger partial charge >= 0.3 is 5.97 Å². The van der Waals surface area contributed by atoms with Crippen LogP contribution in [0.2, 0.25) is 0 Å². The first-order chi connectivity index (χ1) is 10.0. The average molecular weight is 287 g/mol. The zero-order valence-electron chi connectivity index (χ0n) is 11.2. The molecular formula is C15H13NO5. The molecule has 0 aliphatic heterocycles. The van der Waals surface area contributed by atoms with Gasteiger partial charge in [0.25, 0.3) is 5.91 Å². The summed E-state index contributed by atoms with van der Waals surface area (Å²) in [6, 6.07) is 9.96. The fourth-order valence-electron chi connectivity index (χ4n) is 1.78. The Morgan fingerprint density at radius 1 is 1.05 bits per heavy atom. The quantitative estimate of drug-likeness (QED) is 0.752. The van der Waals surface area contributed by atoms with Gasteiger partial charge in [0.05, 0.1) is 23.9 Å². The van der Waals surface area contributed by atoms with Crippen LogP contribution in [0, 0.1) is 0 Å². The maximum atomic E-state index is 12.1. The van der Waals surface area contributed by atoms with Gasteiger partial charge in [-0.15, -0.1) is 0 Å². The van der Waals surface area contributed by atoms with Crippen molar-refractivity contribution in [1.82, 2.24) is 0 Å². The monoisotopic (exact) mass is 287 g/mol. The molecule has 2 aromatic rings. The van der Waals surface area contributed by atoms with Crippen LogP contribution in [-0.4, -0.2) is 29.2 Å². The molecule has 3 N–H and O–H groups in total. The van der Waals surface area contributed by atoms with Gasteiger partial charge in [-0.3, -0.25) is 4.79 Å². The molecule has 0 radical (unpaired) electrons. The molecule has 0 fully saturated rings. The number of amides is 1. The van der Waals surface area contributed by atoms with E-state index in [0.29, 0.717) is 0 Å². The topological polar surface area (TPSA) is 95.9 Å². The van der Waals surface area contributed by atoms with Crippen molar-refractivity contribution in [2.24, 2.45) is 0 Å². The first kappa shape index (κ1) is 14.4. The van der Waals surface area contributed by atoms with Gasteiger partial charge in [0.2, 0.25) is 0 Å². The number of carbonyl (C=O) groups excluding carboxylic acids is 2. The Labute approximate surface area is 120 Å². The molecule has 108 valence electrons. The minimum atomic E-state index is -0.608. The highest BCUT2D eigenvalue weighted by Crippen LogP contribution is 2.24. The minimum absolute atomic E-state index is 0.0209. The molecule has 0 aliphatic carbocycles. The third-order valence-corrected chi connectivity index (χ3v) is 2.81. The average Bonchev–Trinajstić information content (AvgIpc) is 2.46. The molecule has 6 heteroatoms. The third-order valence-electron chi connectivity index (χ3n) is 2.81. The fourth-order valence-corrected chi connectivity index (χ4v) is 1.78. The number of rotatable bonds is 3. The van der Waals surface area contributed by atoms with Gasteiger partial charge in [-0.2, -0.15) is 0 Å².